The van der Waals surface area contributed by atoms with Crippen LogP contribution in [0, 0.1) is 10.1 Å². The molecule has 2 heterocycles. The molecule has 2 rings (SSSR count). The molecule has 0 fully saturated rings. The van der Waals surface area contributed by atoms with Crippen molar-refractivity contribution in [3.8, 4) is 11.3 Å². The van der Waals surface area contributed by atoms with Crippen LogP contribution < -0.4 is 11.5 Å². The second kappa shape index (κ2) is 4.05. The minimum Gasteiger partial charge on any atom is -0.384 e. The number of anilines is 2. The summed E-state index contributed by atoms with van der Waals surface area (Å²) in [6.45, 7) is 0. The van der Waals surface area contributed by atoms with Crippen LogP contribution >= 0.6 is 0 Å². The van der Waals surface area contributed by atoms with Crippen molar-refractivity contribution in [2.75, 3.05) is 11.5 Å². The van der Waals surface area contributed by atoms with Crippen LogP contribution in [0.1, 0.15) is 0 Å². The molecule has 17 heavy (non-hydrogen) atoms. The van der Waals surface area contributed by atoms with Gasteiger partial charge in [0.15, 0.2) is 0 Å². The quantitative estimate of drug-likeness (QED) is 0.591. The van der Waals surface area contributed by atoms with E-state index in [0.717, 1.165) is 0 Å². The SMILES string of the molecule is Nc1ccc(-c2ccc([N+](=O)[O-])c(N)n2)cn1. The molecule has 0 spiro atoms. The highest BCUT2D eigenvalue weighted by atomic mass is 16.6. The van der Waals surface area contributed by atoms with Crippen molar-refractivity contribution in [3.63, 3.8) is 0 Å². The van der Waals surface area contributed by atoms with Crippen LogP contribution in [0.4, 0.5) is 17.3 Å². The number of pyridine rings is 2. The van der Waals surface area contributed by atoms with Crippen molar-refractivity contribution in [1.29, 1.82) is 0 Å². The number of nitrogens with zero attached hydrogens (tertiary/aromatic N) is 3. The predicted octanol–water partition coefficient (Wildman–Crippen LogP) is 1.22. The van der Waals surface area contributed by atoms with E-state index >= 15 is 0 Å². The van der Waals surface area contributed by atoms with Crippen molar-refractivity contribution < 1.29 is 4.92 Å². The van der Waals surface area contributed by atoms with Gasteiger partial charge in [-0.3, -0.25) is 10.1 Å². The molecule has 4 N–H and O–H groups in total. The molecule has 0 unspecified atom stereocenters. The smallest absolute Gasteiger partial charge is 0.311 e. The van der Waals surface area contributed by atoms with Gasteiger partial charge in [0.1, 0.15) is 5.82 Å². The van der Waals surface area contributed by atoms with Gasteiger partial charge < -0.3 is 11.5 Å². The molecule has 0 amide bonds. The first-order valence-corrected chi connectivity index (χ1v) is 4.71. The molecule has 0 aliphatic heterocycles. The molecule has 2 aromatic rings. The van der Waals surface area contributed by atoms with Crippen molar-refractivity contribution in [3.05, 3.63) is 40.6 Å². The Morgan fingerprint density at radius 1 is 1.18 bits per heavy atom. The van der Waals surface area contributed by atoms with Crippen LogP contribution in [0.3, 0.4) is 0 Å². The number of nitrogen functional groups attached to an aromatic ring is 2. The van der Waals surface area contributed by atoms with E-state index in [1.807, 2.05) is 0 Å². The molecule has 0 saturated carbocycles. The molecule has 0 atom stereocenters. The van der Waals surface area contributed by atoms with E-state index in [0.29, 0.717) is 17.1 Å². The second-order valence-electron chi connectivity index (χ2n) is 3.33. The number of hydrogen-bond donors (Lipinski definition) is 2. The number of aromatic nitrogens is 2. The third kappa shape index (κ3) is 2.12. The standard InChI is InChI=1S/C10H9N5O2/c11-9-4-1-6(5-13-9)7-2-3-8(15(16)17)10(12)14-7/h1-5H,(H2,11,13)(H2,12,14). The average molecular weight is 231 g/mol. The lowest BCUT2D eigenvalue weighted by Crippen LogP contribution is -1.99. The maximum Gasteiger partial charge on any atom is 0.311 e. The Balaban J connectivity index is 2.44. The predicted molar refractivity (Wildman–Crippen MR) is 62.9 cm³/mol. The van der Waals surface area contributed by atoms with E-state index in [9.17, 15) is 10.1 Å². The highest BCUT2D eigenvalue weighted by Crippen LogP contribution is 2.24. The fourth-order valence-corrected chi connectivity index (χ4v) is 1.34. The van der Waals surface area contributed by atoms with Gasteiger partial charge in [-0.25, -0.2) is 9.97 Å². The Hall–Kier alpha value is -2.70. The molecule has 0 radical (unpaired) electrons. The molecule has 0 saturated heterocycles. The zero-order valence-corrected chi connectivity index (χ0v) is 8.70. The van der Waals surface area contributed by atoms with E-state index in [1.54, 1.807) is 12.1 Å². The minimum absolute atomic E-state index is 0.121. The summed E-state index contributed by atoms with van der Waals surface area (Å²) in [6.07, 6.45) is 1.53. The van der Waals surface area contributed by atoms with Crippen LogP contribution in [0.2, 0.25) is 0 Å². The molecule has 7 nitrogen and oxygen atoms in total. The fraction of sp³-hybridized carbons (Fsp3) is 0. The number of hydrogen-bond acceptors (Lipinski definition) is 6. The van der Waals surface area contributed by atoms with Gasteiger partial charge in [-0.2, -0.15) is 0 Å². The maximum atomic E-state index is 10.6. The summed E-state index contributed by atoms with van der Waals surface area (Å²) in [6, 6.07) is 6.17. The first-order valence-electron chi connectivity index (χ1n) is 4.71. The summed E-state index contributed by atoms with van der Waals surface area (Å²) >= 11 is 0. The number of nitrogens with two attached hydrogens (primary N) is 2. The fourth-order valence-electron chi connectivity index (χ4n) is 1.34. The lowest BCUT2D eigenvalue weighted by molar-refractivity contribution is -0.384. The average Bonchev–Trinajstić information content (AvgIpc) is 2.29. The zero-order valence-electron chi connectivity index (χ0n) is 8.70. The third-order valence-corrected chi connectivity index (χ3v) is 2.18. The summed E-state index contributed by atoms with van der Waals surface area (Å²) in [5, 5.41) is 10.6. The van der Waals surface area contributed by atoms with Gasteiger partial charge >= 0.3 is 5.69 Å². The highest BCUT2D eigenvalue weighted by molar-refractivity contribution is 5.65. The van der Waals surface area contributed by atoms with Crippen LogP contribution in [-0.4, -0.2) is 14.9 Å². The Kier molecular flexibility index (Phi) is 2.57. The van der Waals surface area contributed by atoms with Gasteiger partial charge in [-0.05, 0) is 18.2 Å². The number of nitro groups is 1. The zero-order chi connectivity index (χ0) is 12.4. The van der Waals surface area contributed by atoms with E-state index in [1.165, 1.54) is 18.3 Å². The van der Waals surface area contributed by atoms with Gasteiger partial charge in [0.2, 0.25) is 5.82 Å². The third-order valence-electron chi connectivity index (χ3n) is 2.18. The lowest BCUT2D eigenvalue weighted by Gasteiger charge is -2.02. The Morgan fingerprint density at radius 2 is 1.94 bits per heavy atom. The first-order chi connectivity index (χ1) is 8.08. The van der Waals surface area contributed by atoms with Crippen LogP contribution in [0.15, 0.2) is 30.5 Å². The van der Waals surface area contributed by atoms with Crippen molar-refractivity contribution >= 4 is 17.3 Å². The van der Waals surface area contributed by atoms with Crippen LogP contribution in [0.5, 0.6) is 0 Å². The summed E-state index contributed by atoms with van der Waals surface area (Å²) in [5.74, 6) is 0.271. The number of rotatable bonds is 2. The second-order valence-corrected chi connectivity index (χ2v) is 3.33. The van der Waals surface area contributed by atoms with Crippen LogP contribution in [-0.2, 0) is 0 Å². The summed E-state index contributed by atoms with van der Waals surface area (Å²) in [4.78, 5) is 17.9. The van der Waals surface area contributed by atoms with E-state index in [4.69, 9.17) is 11.5 Å². The first kappa shape index (κ1) is 10.8. The van der Waals surface area contributed by atoms with Gasteiger partial charge in [0.25, 0.3) is 0 Å². The van der Waals surface area contributed by atoms with E-state index in [2.05, 4.69) is 9.97 Å². The molecule has 0 aromatic carbocycles. The van der Waals surface area contributed by atoms with Crippen LogP contribution in [0.25, 0.3) is 11.3 Å². The summed E-state index contributed by atoms with van der Waals surface area (Å²) in [5.41, 5.74) is 11.9. The maximum absolute atomic E-state index is 10.6. The molecule has 86 valence electrons. The summed E-state index contributed by atoms with van der Waals surface area (Å²) in [7, 11) is 0. The van der Waals surface area contributed by atoms with Crippen molar-refractivity contribution in [2.24, 2.45) is 0 Å². The molecule has 0 aliphatic rings. The van der Waals surface area contributed by atoms with Gasteiger partial charge in [-0.1, -0.05) is 0 Å². The molecule has 7 heteroatoms. The van der Waals surface area contributed by atoms with Gasteiger partial charge in [0.05, 0.1) is 10.6 Å². The molecule has 0 bridgehead atoms. The minimum atomic E-state index is -0.576. The van der Waals surface area contributed by atoms with Gasteiger partial charge in [0, 0.05) is 17.8 Å². The summed E-state index contributed by atoms with van der Waals surface area (Å²) < 4.78 is 0. The lowest BCUT2D eigenvalue weighted by atomic mass is 10.2. The normalized spacial score (nSPS) is 10.1. The van der Waals surface area contributed by atoms with E-state index in [-0.39, 0.29) is 11.5 Å². The Labute approximate surface area is 96.3 Å². The molecule has 2 aromatic heterocycles. The largest absolute Gasteiger partial charge is 0.384 e. The topological polar surface area (TPSA) is 121 Å². The molecular formula is C10H9N5O2. The van der Waals surface area contributed by atoms with Gasteiger partial charge in [-0.15, -0.1) is 0 Å². The van der Waals surface area contributed by atoms with Crippen molar-refractivity contribution in [2.45, 2.75) is 0 Å². The Morgan fingerprint density at radius 3 is 2.47 bits per heavy atom. The monoisotopic (exact) mass is 231 g/mol. The molecule has 0 aliphatic carbocycles. The Bertz CT molecular complexity index is 567. The molecular weight excluding hydrogens is 222 g/mol. The van der Waals surface area contributed by atoms with E-state index < -0.39 is 4.92 Å². The highest BCUT2D eigenvalue weighted by Gasteiger charge is 2.13. The van der Waals surface area contributed by atoms with Crippen molar-refractivity contribution in [1.82, 2.24) is 9.97 Å².